The first-order valence-corrected chi connectivity index (χ1v) is 6.91. The standard InChI is InChI=1S/C14H21N3O2/c18-14(19)17-9-2-1-8-15-12-7-3-5-11-6-4-10-16-13(11)12/h4,6,10,12,15,17H,1-3,5,7-9H2,(H,18,19). The van der Waals surface area contributed by atoms with E-state index in [1.54, 1.807) is 0 Å². The summed E-state index contributed by atoms with van der Waals surface area (Å²) in [6, 6.07) is 4.52. The van der Waals surface area contributed by atoms with Gasteiger partial charge in [-0.2, -0.15) is 0 Å². The van der Waals surface area contributed by atoms with Crippen LogP contribution >= 0.6 is 0 Å². The summed E-state index contributed by atoms with van der Waals surface area (Å²) in [5, 5.41) is 14.4. The van der Waals surface area contributed by atoms with Gasteiger partial charge in [-0.3, -0.25) is 4.98 Å². The summed E-state index contributed by atoms with van der Waals surface area (Å²) in [7, 11) is 0. The minimum absolute atomic E-state index is 0.359. The molecule has 0 aliphatic heterocycles. The number of aryl methyl sites for hydroxylation is 1. The van der Waals surface area contributed by atoms with Gasteiger partial charge in [0.15, 0.2) is 0 Å². The van der Waals surface area contributed by atoms with Crippen molar-refractivity contribution in [2.75, 3.05) is 13.1 Å². The molecule has 2 rings (SSSR count). The number of carboxylic acid groups (broad SMARTS) is 1. The monoisotopic (exact) mass is 263 g/mol. The Hall–Kier alpha value is -1.62. The number of hydrogen-bond donors (Lipinski definition) is 3. The fraction of sp³-hybridized carbons (Fsp3) is 0.571. The van der Waals surface area contributed by atoms with Crippen molar-refractivity contribution < 1.29 is 9.90 Å². The zero-order chi connectivity index (χ0) is 13.5. The quantitative estimate of drug-likeness (QED) is 0.687. The Morgan fingerprint density at radius 3 is 3.11 bits per heavy atom. The number of unbranched alkanes of at least 4 members (excludes halogenated alkanes) is 1. The molecule has 0 fully saturated rings. The molecular weight excluding hydrogens is 242 g/mol. The molecule has 1 atom stereocenters. The number of amides is 1. The molecule has 19 heavy (non-hydrogen) atoms. The van der Waals surface area contributed by atoms with Gasteiger partial charge in [0, 0.05) is 18.8 Å². The van der Waals surface area contributed by atoms with Gasteiger partial charge >= 0.3 is 6.09 Å². The zero-order valence-corrected chi connectivity index (χ0v) is 11.1. The van der Waals surface area contributed by atoms with Crippen LogP contribution in [0.5, 0.6) is 0 Å². The highest BCUT2D eigenvalue weighted by atomic mass is 16.4. The van der Waals surface area contributed by atoms with Crippen molar-refractivity contribution in [3.8, 4) is 0 Å². The Labute approximate surface area is 113 Å². The van der Waals surface area contributed by atoms with Crippen molar-refractivity contribution in [2.24, 2.45) is 0 Å². The van der Waals surface area contributed by atoms with E-state index in [1.807, 2.05) is 12.3 Å². The minimum Gasteiger partial charge on any atom is -0.465 e. The van der Waals surface area contributed by atoms with Crippen LogP contribution in [-0.4, -0.2) is 29.3 Å². The summed E-state index contributed by atoms with van der Waals surface area (Å²) in [5.41, 5.74) is 2.55. The van der Waals surface area contributed by atoms with E-state index >= 15 is 0 Å². The molecule has 1 aliphatic carbocycles. The molecule has 1 aliphatic rings. The second-order valence-corrected chi connectivity index (χ2v) is 4.89. The Morgan fingerprint density at radius 2 is 2.26 bits per heavy atom. The van der Waals surface area contributed by atoms with Crippen LogP contribution in [0.4, 0.5) is 4.79 Å². The van der Waals surface area contributed by atoms with Gasteiger partial charge in [0.1, 0.15) is 0 Å². The first kappa shape index (κ1) is 13.8. The maximum atomic E-state index is 10.3. The van der Waals surface area contributed by atoms with Crippen molar-refractivity contribution in [3.05, 3.63) is 29.6 Å². The molecule has 1 aromatic rings. The largest absolute Gasteiger partial charge is 0.465 e. The van der Waals surface area contributed by atoms with E-state index < -0.39 is 6.09 Å². The predicted octanol–water partition coefficient (Wildman–Crippen LogP) is 2.10. The van der Waals surface area contributed by atoms with Crippen LogP contribution in [0.15, 0.2) is 18.3 Å². The zero-order valence-electron chi connectivity index (χ0n) is 11.1. The van der Waals surface area contributed by atoms with Crippen molar-refractivity contribution >= 4 is 6.09 Å². The van der Waals surface area contributed by atoms with Gasteiger partial charge in [0.25, 0.3) is 0 Å². The summed E-state index contributed by atoms with van der Waals surface area (Å²) < 4.78 is 0. The molecule has 5 heteroatoms. The Kier molecular flexibility index (Phi) is 5.15. The second-order valence-electron chi connectivity index (χ2n) is 4.89. The third-order valence-electron chi connectivity index (χ3n) is 3.47. The number of pyridine rings is 1. The summed E-state index contributed by atoms with van der Waals surface area (Å²) in [4.78, 5) is 14.8. The van der Waals surface area contributed by atoms with Gasteiger partial charge in [0.2, 0.25) is 0 Å². The Balaban J connectivity index is 1.71. The lowest BCUT2D eigenvalue weighted by atomic mass is 9.92. The molecule has 1 heterocycles. The van der Waals surface area contributed by atoms with Crippen molar-refractivity contribution in [1.82, 2.24) is 15.6 Å². The predicted molar refractivity (Wildman–Crippen MR) is 73.2 cm³/mol. The molecule has 0 radical (unpaired) electrons. The van der Waals surface area contributed by atoms with E-state index in [-0.39, 0.29) is 0 Å². The van der Waals surface area contributed by atoms with Crippen LogP contribution in [0.3, 0.4) is 0 Å². The second kappa shape index (κ2) is 7.09. The summed E-state index contributed by atoms with van der Waals surface area (Å²) in [5.74, 6) is 0. The maximum absolute atomic E-state index is 10.3. The fourth-order valence-corrected chi connectivity index (χ4v) is 2.53. The minimum atomic E-state index is -0.946. The van der Waals surface area contributed by atoms with E-state index in [2.05, 4.69) is 21.7 Å². The number of aromatic nitrogens is 1. The summed E-state index contributed by atoms with van der Waals surface area (Å²) in [6.45, 7) is 1.43. The van der Waals surface area contributed by atoms with E-state index in [0.29, 0.717) is 12.6 Å². The average molecular weight is 263 g/mol. The smallest absolute Gasteiger partial charge is 0.404 e. The van der Waals surface area contributed by atoms with E-state index in [0.717, 1.165) is 32.2 Å². The van der Waals surface area contributed by atoms with Crippen LogP contribution in [0.2, 0.25) is 0 Å². The first-order valence-electron chi connectivity index (χ1n) is 6.91. The van der Waals surface area contributed by atoms with Gasteiger partial charge in [0.05, 0.1) is 5.69 Å². The molecule has 1 amide bonds. The van der Waals surface area contributed by atoms with Crippen molar-refractivity contribution in [3.63, 3.8) is 0 Å². The lowest BCUT2D eigenvalue weighted by Gasteiger charge is -2.25. The topological polar surface area (TPSA) is 74.2 Å². The SMILES string of the molecule is O=C(O)NCCCCNC1CCCc2cccnc21. The maximum Gasteiger partial charge on any atom is 0.404 e. The van der Waals surface area contributed by atoms with Crippen molar-refractivity contribution in [1.29, 1.82) is 0 Å². The van der Waals surface area contributed by atoms with Crippen LogP contribution in [0.25, 0.3) is 0 Å². The number of nitrogens with one attached hydrogen (secondary N) is 2. The lowest BCUT2D eigenvalue weighted by Crippen LogP contribution is -2.28. The van der Waals surface area contributed by atoms with E-state index in [4.69, 9.17) is 5.11 Å². The molecule has 0 bridgehead atoms. The van der Waals surface area contributed by atoms with Gasteiger partial charge in [-0.05, 0) is 50.3 Å². The van der Waals surface area contributed by atoms with E-state index in [1.165, 1.54) is 17.7 Å². The molecule has 104 valence electrons. The van der Waals surface area contributed by atoms with Crippen LogP contribution in [0, 0.1) is 0 Å². The third kappa shape index (κ3) is 4.21. The molecule has 1 unspecified atom stereocenters. The van der Waals surface area contributed by atoms with Gasteiger partial charge in [-0.1, -0.05) is 6.07 Å². The van der Waals surface area contributed by atoms with Crippen LogP contribution in [0.1, 0.15) is 43.0 Å². The molecule has 3 N–H and O–H groups in total. The third-order valence-corrected chi connectivity index (χ3v) is 3.47. The number of rotatable bonds is 6. The molecule has 5 nitrogen and oxygen atoms in total. The highest BCUT2D eigenvalue weighted by molar-refractivity contribution is 5.64. The number of carbonyl (C=O) groups is 1. The number of fused-ring (bicyclic) bond motifs is 1. The fourth-order valence-electron chi connectivity index (χ4n) is 2.53. The van der Waals surface area contributed by atoms with E-state index in [9.17, 15) is 4.79 Å². The molecule has 1 aromatic heterocycles. The molecular formula is C14H21N3O2. The molecule has 0 saturated heterocycles. The van der Waals surface area contributed by atoms with Gasteiger partial charge in [-0.15, -0.1) is 0 Å². The molecule has 0 spiro atoms. The van der Waals surface area contributed by atoms with Crippen molar-refractivity contribution in [2.45, 2.75) is 38.1 Å². The number of hydrogen-bond acceptors (Lipinski definition) is 3. The Morgan fingerprint density at radius 1 is 1.42 bits per heavy atom. The van der Waals surface area contributed by atoms with Crippen LogP contribution < -0.4 is 10.6 Å². The highest BCUT2D eigenvalue weighted by Crippen LogP contribution is 2.27. The summed E-state index contributed by atoms with van der Waals surface area (Å²) in [6.07, 6.45) is 6.21. The normalized spacial score (nSPS) is 17.8. The van der Waals surface area contributed by atoms with Gasteiger partial charge in [-0.25, -0.2) is 4.79 Å². The Bertz CT molecular complexity index is 423. The average Bonchev–Trinajstić information content (AvgIpc) is 2.42. The van der Waals surface area contributed by atoms with Crippen LogP contribution in [-0.2, 0) is 6.42 Å². The first-order chi connectivity index (χ1) is 9.27. The number of nitrogens with zero attached hydrogens (tertiary/aromatic N) is 1. The summed E-state index contributed by atoms with van der Waals surface area (Å²) >= 11 is 0. The lowest BCUT2D eigenvalue weighted by molar-refractivity contribution is 0.194. The highest BCUT2D eigenvalue weighted by Gasteiger charge is 2.20. The van der Waals surface area contributed by atoms with Gasteiger partial charge < -0.3 is 15.7 Å². The molecule has 0 saturated carbocycles. The molecule has 0 aromatic carbocycles.